The van der Waals surface area contributed by atoms with E-state index in [1.54, 1.807) is 16.8 Å². The minimum Gasteiger partial charge on any atom is -0.363 e. The van der Waals surface area contributed by atoms with E-state index >= 15 is 0 Å². The zero-order chi connectivity index (χ0) is 13.4. The zero-order valence-electron chi connectivity index (χ0n) is 10.6. The van der Waals surface area contributed by atoms with Crippen molar-refractivity contribution in [1.82, 2.24) is 20.0 Å². The van der Waals surface area contributed by atoms with Crippen molar-refractivity contribution in [3.05, 3.63) is 5.01 Å². The molecule has 1 aromatic rings. The fourth-order valence-electron chi connectivity index (χ4n) is 2.58. The maximum atomic E-state index is 12.3. The molecule has 2 amide bonds. The summed E-state index contributed by atoms with van der Waals surface area (Å²) in [5.41, 5.74) is 0. The molecular formula is C11H15N5O2S. The Morgan fingerprint density at radius 3 is 3.00 bits per heavy atom. The molecule has 1 atom stereocenters. The molecule has 1 N–H and O–H groups in total. The van der Waals surface area contributed by atoms with Crippen molar-refractivity contribution in [3.8, 4) is 0 Å². The van der Waals surface area contributed by atoms with Crippen molar-refractivity contribution in [3.63, 3.8) is 0 Å². The largest absolute Gasteiger partial charge is 0.363 e. The third kappa shape index (κ3) is 2.16. The molecule has 8 heteroatoms. The maximum absolute atomic E-state index is 12.3. The van der Waals surface area contributed by atoms with E-state index in [1.165, 1.54) is 11.3 Å². The maximum Gasteiger partial charge on any atom is 0.246 e. The first-order valence-electron chi connectivity index (χ1n) is 6.27. The zero-order valence-corrected chi connectivity index (χ0v) is 11.4. The summed E-state index contributed by atoms with van der Waals surface area (Å²) in [5.74, 6) is 0.0822. The Morgan fingerprint density at radius 1 is 1.42 bits per heavy atom. The molecule has 2 saturated heterocycles. The Kier molecular flexibility index (Phi) is 3.09. The molecule has 3 heterocycles. The van der Waals surface area contributed by atoms with E-state index in [2.05, 4.69) is 15.5 Å². The summed E-state index contributed by atoms with van der Waals surface area (Å²) in [4.78, 5) is 27.6. The van der Waals surface area contributed by atoms with Crippen molar-refractivity contribution in [2.75, 3.05) is 25.5 Å². The van der Waals surface area contributed by atoms with Crippen LogP contribution in [0.1, 0.15) is 17.8 Å². The van der Waals surface area contributed by atoms with Gasteiger partial charge in [-0.25, -0.2) is 0 Å². The van der Waals surface area contributed by atoms with Gasteiger partial charge in [0.05, 0.1) is 6.54 Å². The molecule has 0 saturated carbocycles. The second-order valence-electron chi connectivity index (χ2n) is 4.69. The van der Waals surface area contributed by atoms with E-state index < -0.39 is 0 Å². The SMILES string of the molecule is CNc1nnc(CN2CC(=O)N3CCCC3C2=O)s1. The van der Waals surface area contributed by atoms with Crippen molar-refractivity contribution < 1.29 is 9.59 Å². The lowest BCUT2D eigenvalue weighted by Gasteiger charge is -2.35. The summed E-state index contributed by atoms with van der Waals surface area (Å²) in [7, 11) is 1.77. The van der Waals surface area contributed by atoms with Gasteiger partial charge >= 0.3 is 0 Å². The van der Waals surface area contributed by atoms with Gasteiger partial charge in [0.1, 0.15) is 17.6 Å². The summed E-state index contributed by atoms with van der Waals surface area (Å²) < 4.78 is 0. The highest BCUT2D eigenvalue weighted by Crippen LogP contribution is 2.25. The molecule has 0 spiro atoms. The van der Waals surface area contributed by atoms with Crippen LogP contribution in [-0.4, -0.2) is 58.0 Å². The molecule has 0 bridgehead atoms. The number of hydrogen-bond donors (Lipinski definition) is 1. The van der Waals surface area contributed by atoms with Gasteiger partial charge in [0.15, 0.2) is 0 Å². The first-order chi connectivity index (χ1) is 9.19. The summed E-state index contributed by atoms with van der Waals surface area (Å²) >= 11 is 1.40. The lowest BCUT2D eigenvalue weighted by Crippen LogP contribution is -2.56. The van der Waals surface area contributed by atoms with E-state index in [0.717, 1.165) is 17.8 Å². The Hall–Kier alpha value is -1.70. The highest BCUT2D eigenvalue weighted by atomic mass is 32.1. The topological polar surface area (TPSA) is 78.4 Å². The predicted octanol–water partition coefficient (Wildman–Crippen LogP) is -0.0870. The molecule has 2 fully saturated rings. The van der Waals surface area contributed by atoms with E-state index in [4.69, 9.17) is 0 Å². The van der Waals surface area contributed by atoms with Crippen LogP contribution >= 0.6 is 11.3 Å². The minimum absolute atomic E-state index is 0.0401. The Balaban J connectivity index is 1.74. The number of amides is 2. The second-order valence-corrected chi connectivity index (χ2v) is 5.75. The van der Waals surface area contributed by atoms with Gasteiger partial charge in [0.25, 0.3) is 0 Å². The van der Waals surface area contributed by atoms with Crippen LogP contribution in [-0.2, 0) is 16.1 Å². The van der Waals surface area contributed by atoms with Crippen LogP contribution in [0.2, 0.25) is 0 Å². The molecule has 0 aromatic carbocycles. The van der Waals surface area contributed by atoms with E-state index in [-0.39, 0.29) is 24.4 Å². The standard InChI is InChI=1S/C11H15N5O2S/c1-12-11-14-13-8(19-11)5-15-6-9(17)16-4-2-3-7(16)10(15)18/h7H,2-6H2,1H3,(H,12,14). The summed E-state index contributed by atoms with van der Waals surface area (Å²) in [6.45, 7) is 1.24. The normalized spacial score (nSPS) is 22.9. The molecular weight excluding hydrogens is 266 g/mol. The second kappa shape index (κ2) is 4.76. The fraction of sp³-hybridized carbons (Fsp3) is 0.636. The smallest absolute Gasteiger partial charge is 0.246 e. The fourth-order valence-corrected chi connectivity index (χ4v) is 3.29. The lowest BCUT2D eigenvalue weighted by atomic mass is 10.1. The molecule has 3 rings (SSSR count). The van der Waals surface area contributed by atoms with Crippen LogP contribution in [0, 0.1) is 0 Å². The quantitative estimate of drug-likeness (QED) is 0.838. The average Bonchev–Trinajstić information content (AvgIpc) is 3.04. The van der Waals surface area contributed by atoms with Gasteiger partial charge < -0.3 is 15.1 Å². The minimum atomic E-state index is -0.252. The molecule has 0 radical (unpaired) electrons. The van der Waals surface area contributed by atoms with Gasteiger partial charge in [0.2, 0.25) is 16.9 Å². The van der Waals surface area contributed by atoms with Gasteiger partial charge in [-0.2, -0.15) is 0 Å². The van der Waals surface area contributed by atoms with Crippen LogP contribution in [0.5, 0.6) is 0 Å². The first-order valence-corrected chi connectivity index (χ1v) is 7.09. The van der Waals surface area contributed by atoms with E-state index in [0.29, 0.717) is 18.2 Å². The third-order valence-electron chi connectivity index (χ3n) is 3.50. The molecule has 19 heavy (non-hydrogen) atoms. The summed E-state index contributed by atoms with van der Waals surface area (Å²) in [5, 5.41) is 12.3. The number of aromatic nitrogens is 2. The Labute approximate surface area is 114 Å². The highest BCUT2D eigenvalue weighted by molar-refractivity contribution is 7.15. The van der Waals surface area contributed by atoms with Crippen LogP contribution in [0.15, 0.2) is 0 Å². The van der Waals surface area contributed by atoms with E-state index in [9.17, 15) is 9.59 Å². The predicted molar refractivity (Wildman–Crippen MR) is 69.6 cm³/mol. The molecule has 2 aliphatic heterocycles. The highest BCUT2D eigenvalue weighted by Gasteiger charge is 2.41. The number of nitrogens with zero attached hydrogens (tertiary/aromatic N) is 4. The van der Waals surface area contributed by atoms with Gasteiger partial charge in [0, 0.05) is 13.6 Å². The monoisotopic (exact) mass is 281 g/mol. The van der Waals surface area contributed by atoms with Gasteiger partial charge in [-0.3, -0.25) is 9.59 Å². The third-order valence-corrected chi connectivity index (χ3v) is 4.43. The number of hydrogen-bond acceptors (Lipinski definition) is 6. The number of carbonyl (C=O) groups is 2. The molecule has 1 aromatic heterocycles. The van der Waals surface area contributed by atoms with Crippen LogP contribution in [0.3, 0.4) is 0 Å². The van der Waals surface area contributed by atoms with Gasteiger partial charge in [-0.1, -0.05) is 11.3 Å². The Bertz CT molecular complexity index is 517. The molecule has 1 unspecified atom stereocenters. The molecule has 7 nitrogen and oxygen atoms in total. The first kappa shape index (κ1) is 12.3. The van der Waals surface area contributed by atoms with Gasteiger partial charge in [-0.05, 0) is 12.8 Å². The average molecular weight is 281 g/mol. The van der Waals surface area contributed by atoms with Crippen molar-refractivity contribution in [2.45, 2.75) is 25.4 Å². The molecule has 2 aliphatic rings. The van der Waals surface area contributed by atoms with Crippen LogP contribution in [0.4, 0.5) is 5.13 Å². The lowest BCUT2D eigenvalue weighted by molar-refractivity contribution is -0.154. The number of fused-ring (bicyclic) bond motifs is 1. The number of rotatable bonds is 3. The van der Waals surface area contributed by atoms with Crippen LogP contribution < -0.4 is 5.32 Å². The van der Waals surface area contributed by atoms with Gasteiger partial charge in [-0.15, -0.1) is 10.2 Å². The Morgan fingerprint density at radius 2 is 2.26 bits per heavy atom. The molecule has 102 valence electrons. The van der Waals surface area contributed by atoms with Crippen molar-refractivity contribution >= 4 is 28.3 Å². The van der Waals surface area contributed by atoms with Crippen molar-refractivity contribution in [1.29, 1.82) is 0 Å². The number of piperazine rings is 1. The number of nitrogens with one attached hydrogen (secondary N) is 1. The number of anilines is 1. The number of carbonyl (C=O) groups excluding carboxylic acids is 2. The summed E-state index contributed by atoms with van der Waals surface area (Å²) in [6, 6.07) is -0.252. The van der Waals surface area contributed by atoms with E-state index in [1.807, 2.05) is 0 Å². The van der Waals surface area contributed by atoms with Crippen molar-refractivity contribution in [2.24, 2.45) is 0 Å². The van der Waals surface area contributed by atoms with Crippen LogP contribution in [0.25, 0.3) is 0 Å². The summed E-state index contributed by atoms with van der Waals surface area (Å²) in [6.07, 6.45) is 1.69. The molecule has 0 aliphatic carbocycles.